The van der Waals surface area contributed by atoms with Gasteiger partial charge in [0.05, 0.1) is 7.11 Å². The molecule has 0 radical (unpaired) electrons. The van der Waals surface area contributed by atoms with E-state index < -0.39 is 0 Å². The molecule has 1 saturated heterocycles. The van der Waals surface area contributed by atoms with E-state index in [0.29, 0.717) is 19.0 Å². The second-order valence-electron chi connectivity index (χ2n) is 7.58. The van der Waals surface area contributed by atoms with Crippen molar-refractivity contribution in [3.05, 3.63) is 60.5 Å². The third kappa shape index (κ3) is 4.41. The summed E-state index contributed by atoms with van der Waals surface area (Å²) in [7, 11) is 1.64. The van der Waals surface area contributed by atoms with E-state index in [4.69, 9.17) is 14.1 Å². The van der Waals surface area contributed by atoms with E-state index in [0.717, 1.165) is 46.2 Å². The SMILES string of the molecule is CCN(O)C(=O)N1CCC(c2nc(-c3ccccc3)c(-c3ccc(OC)cc3)o2)CC1. The van der Waals surface area contributed by atoms with Crippen molar-refractivity contribution in [2.75, 3.05) is 26.7 Å². The number of carbonyl (C=O) groups is 1. The van der Waals surface area contributed by atoms with Gasteiger partial charge < -0.3 is 14.1 Å². The first-order valence-corrected chi connectivity index (χ1v) is 10.6. The minimum absolute atomic E-state index is 0.118. The number of piperidine rings is 1. The first kappa shape index (κ1) is 20.9. The summed E-state index contributed by atoms with van der Waals surface area (Å²) < 4.78 is 11.6. The lowest BCUT2D eigenvalue weighted by atomic mass is 9.97. The minimum atomic E-state index is -0.350. The number of carbonyl (C=O) groups excluding carboxylic acids is 1. The zero-order chi connectivity index (χ0) is 21.8. The van der Waals surface area contributed by atoms with Gasteiger partial charge in [-0.1, -0.05) is 30.3 Å². The zero-order valence-corrected chi connectivity index (χ0v) is 17.8. The molecule has 162 valence electrons. The van der Waals surface area contributed by atoms with Gasteiger partial charge in [0.15, 0.2) is 11.7 Å². The summed E-state index contributed by atoms with van der Waals surface area (Å²) >= 11 is 0. The Morgan fingerprint density at radius 1 is 1.13 bits per heavy atom. The van der Waals surface area contributed by atoms with Crippen LogP contribution in [0.2, 0.25) is 0 Å². The Kier molecular flexibility index (Phi) is 6.23. The second kappa shape index (κ2) is 9.22. The van der Waals surface area contributed by atoms with Crippen LogP contribution in [0.1, 0.15) is 31.6 Å². The van der Waals surface area contributed by atoms with Gasteiger partial charge in [-0.25, -0.2) is 14.8 Å². The van der Waals surface area contributed by atoms with E-state index in [1.165, 1.54) is 0 Å². The largest absolute Gasteiger partial charge is 0.497 e. The third-order valence-electron chi connectivity index (χ3n) is 5.68. The Bertz CT molecular complexity index is 1010. The van der Waals surface area contributed by atoms with E-state index in [9.17, 15) is 10.0 Å². The minimum Gasteiger partial charge on any atom is -0.497 e. The lowest BCUT2D eigenvalue weighted by Gasteiger charge is -2.32. The summed E-state index contributed by atoms with van der Waals surface area (Å²) in [6.07, 6.45) is 1.47. The fraction of sp³-hybridized carbons (Fsp3) is 0.333. The number of hydroxylamine groups is 2. The normalized spacial score (nSPS) is 14.5. The van der Waals surface area contributed by atoms with Crippen molar-refractivity contribution in [3.8, 4) is 28.3 Å². The molecular formula is C24H27N3O4. The van der Waals surface area contributed by atoms with Gasteiger partial charge >= 0.3 is 6.03 Å². The average Bonchev–Trinajstić information content (AvgIpc) is 3.29. The molecule has 31 heavy (non-hydrogen) atoms. The summed E-state index contributed by atoms with van der Waals surface area (Å²) in [6, 6.07) is 17.4. The number of likely N-dealkylation sites (tertiary alicyclic amines) is 1. The standard InChI is InChI=1S/C24H27N3O4/c1-3-27(29)24(28)26-15-13-19(14-16-26)23-25-21(17-7-5-4-6-8-17)22(31-23)18-9-11-20(30-2)12-10-18/h4-12,19,29H,3,13-16H2,1-2H3. The monoisotopic (exact) mass is 421 g/mol. The predicted molar refractivity (Wildman–Crippen MR) is 117 cm³/mol. The van der Waals surface area contributed by atoms with Gasteiger partial charge in [-0.15, -0.1) is 0 Å². The molecule has 1 aliphatic heterocycles. The molecule has 2 aromatic carbocycles. The first-order chi connectivity index (χ1) is 15.1. The molecule has 3 aromatic rings. The number of urea groups is 1. The lowest BCUT2D eigenvalue weighted by Crippen LogP contribution is -2.45. The summed E-state index contributed by atoms with van der Waals surface area (Å²) in [6.45, 7) is 3.12. The topological polar surface area (TPSA) is 79.0 Å². The molecule has 2 heterocycles. The van der Waals surface area contributed by atoms with Crippen LogP contribution in [0.25, 0.3) is 22.6 Å². The predicted octanol–water partition coefficient (Wildman–Crippen LogP) is 5.03. The van der Waals surface area contributed by atoms with Gasteiger partial charge in [-0.3, -0.25) is 5.21 Å². The summed E-state index contributed by atoms with van der Waals surface area (Å²) in [4.78, 5) is 18.8. The van der Waals surface area contributed by atoms with Crippen molar-refractivity contribution in [2.45, 2.75) is 25.7 Å². The summed E-state index contributed by atoms with van der Waals surface area (Å²) in [5.41, 5.74) is 2.74. The molecule has 0 saturated carbocycles. The molecule has 1 fully saturated rings. The molecule has 1 N–H and O–H groups in total. The molecular weight excluding hydrogens is 394 g/mol. The maximum atomic E-state index is 12.2. The molecule has 7 nitrogen and oxygen atoms in total. The number of rotatable bonds is 5. The number of hydrogen-bond donors (Lipinski definition) is 1. The van der Waals surface area contributed by atoms with Gasteiger partial charge in [0.25, 0.3) is 0 Å². The second-order valence-corrected chi connectivity index (χ2v) is 7.58. The van der Waals surface area contributed by atoms with Gasteiger partial charge in [0, 0.05) is 36.7 Å². The molecule has 1 aromatic heterocycles. The van der Waals surface area contributed by atoms with Crippen molar-refractivity contribution in [3.63, 3.8) is 0 Å². The number of benzene rings is 2. The molecule has 0 aliphatic carbocycles. The van der Waals surface area contributed by atoms with Gasteiger partial charge in [-0.05, 0) is 44.0 Å². The van der Waals surface area contributed by atoms with E-state index >= 15 is 0 Å². The van der Waals surface area contributed by atoms with E-state index in [2.05, 4.69) is 0 Å². The zero-order valence-electron chi connectivity index (χ0n) is 17.8. The van der Waals surface area contributed by atoms with Crippen molar-refractivity contribution in [2.24, 2.45) is 0 Å². The number of aromatic nitrogens is 1. The number of methoxy groups -OCH3 is 1. The molecule has 0 bridgehead atoms. The summed E-state index contributed by atoms with van der Waals surface area (Å²) in [5, 5.41) is 10.4. The Morgan fingerprint density at radius 3 is 2.42 bits per heavy atom. The molecule has 2 amide bonds. The van der Waals surface area contributed by atoms with Crippen LogP contribution in [-0.4, -0.2) is 52.9 Å². The fourth-order valence-electron chi connectivity index (χ4n) is 3.86. The van der Waals surface area contributed by atoms with Crippen LogP contribution in [0.15, 0.2) is 59.0 Å². The van der Waals surface area contributed by atoms with Crippen LogP contribution in [0.3, 0.4) is 0 Å². The maximum Gasteiger partial charge on any atom is 0.343 e. The highest BCUT2D eigenvalue weighted by atomic mass is 16.5. The van der Waals surface area contributed by atoms with Crippen molar-refractivity contribution < 1.29 is 19.2 Å². The number of ether oxygens (including phenoxy) is 1. The van der Waals surface area contributed by atoms with Crippen LogP contribution < -0.4 is 4.74 Å². The highest BCUT2D eigenvalue weighted by Gasteiger charge is 2.30. The summed E-state index contributed by atoms with van der Waals surface area (Å²) in [5.74, 6) is 2.32. The van der Waals surface area contributed by atoms with Gasteiger partial charge in [0.1, 0.15) is 11.4 Å². The van der Waals surface area contributed by atoms with E-state index in [-0.39, 0.29) is 18.5 Å². The Hall–Kier alpha value is -3.32. The van der Waals surface area contributed by atoms with Crippen LogP contribution >= 0.6 is 0 Å². The molecule has 0 atom stereocenters. The van der Waals surface area contributed by atoms with Gasteiger partial charge in [0.2, 0.25) is 0 Å². The van der Waals surface area contributed by atoms with Crippen molar-refractivity contribution in [1.82, 2.24) is 14.9 Å². The molecule has 4 rings (SSSR count). The number of hydrogen-bond acceptors (Lipinski definition) is 5. The maximum absolute atomic E-state index is 12.2. The highest BCUT2D eigenvalue weighted by Crippen LogP contribution is 2.37. The molecule has 0 spiro atoms. The molecule has 7 heteroatoms. The lowest BCUT2D eigenvalue weighted by molar-refractivity contribution is -0.0543. The van der Waals surface area contributed by atoms with Crippen LogP contribution in [-0.2, 0) is 0 Å². The van der Waals surface area contributed by atoms with Crippen LogP contribution in [0.5, 0.6) is 5.75 Å². The number of oxazole rings is 1. The quantitative estimate of drug-likeness (QED) is 0.462. The Morgan fingerprint density at radius 2 is 1.81 bits per heavy atom. The van der Waals surface area contributed by atoms with Gasteiger partial charge in [-0.2, -0.15) is 0 Å². The van der Waals surface area contributed by atoms with E-state index in [1.807, 2.05) is 54.6 Å². The number of amides is 2. The van der Waals surface area contributed by atoms with E-state index in [1.54, 1.807) is 18.9 Å². The smallest absolute Gasteiger partial charge is 0.343 e. The molecule has 0 unspecified atom stereocenters. The van der Waals surface area contributed by atoms with Crippen LogP contribution in [0.4, 0.5) is 4.79 Å². The van der Waals surface area contributed by atoms with Crippen molar-refractivity contribution >= 4 is 6.03 Å². The highest BCUT2D eigenvalue weighted by molar-refractivity contribution is 5.77. The Balaban J connectivity index is 1.61. The number of nitrogens with zero attached hydrogens (tertiary/aromatic N) is 3. The first-order valence-electron chi connectivity index (χ1n) is 10.6. The molecule has 1 aliphatic rings. The van der Waals surface area contributed by atoms with Crippen molar-refractivity contribution in [1.29, 1.82) is 0 Å². The average molecular weight is 421 g/mol. The van der Waals surface area contributed by atoms with Crippen LogP contribution in [0, 0.1) is 0 Å². The fourth-order valence-corrected chi connectivity index (χ4v) is 3.86. The third-order valence-corrected chi connectivity index (χ3v) is 5.68. The Labute approximate surface area is 181 Å².